The number of hydrogen-bond acceptors (Lipinski definition) is 6. The molecule has 0 bridgehead atoms. The fourth-order valence-electron chi connectivity index (χ4n) is 2.69. The zero-order chi connectivity index (χ0) is 15.6. The molecule has 1 aromatic carbocycles. The average molecular weight is 296 g/mol. The van der Waals surface area contributed by atoms with E-state index in [1.165, 1.54) is 12.1 Å². The van der Waals surface area contributed by atoms with Gasteiger partial charge >= 0.3 is 0 Å². The molecule has 1 aliphatic heterocycles. The van der Waals surface area contributed by atoms with Gasteiger partial charge in [0.25, 0.3) is 5.69 Å². The highest BCUT2D eigenvalue weighted by Gasteiger charge is 2.34. The van der Waals surface area contributed by atoms with Gasteiger partial charge in [0.15, 0.2) is 0 Å². The summed E-state index contributed by atoms with van der Waals surface area (Å²) in [4.78, 5) is 12.3. The fourth-order valence-corrected chi connectivity index (χ4v) is 2.69. The molecule has 0 aromatic heterocycles. The number of morpholine rings is 1. The van der Waals surface area contributed by atoms with Crippen LogP contribution >= 0.6 is 0 Å². The minimum Gasteiger partial charge on any atom is -0.394 e. The quantitative estimate of drug-likeness (QED) is 0.637. The summed E-state index contributed by atoms with van der Waals surface area (Å²) in [6.45, 7) is 4.52. The lowest BCUT2D eigenvalue weighted by molar-refractivity contribution is -0.384. The van der Waals surface area contributed by atoms with E-state index in [0.29, 0.717) is 18.7 Å². The number of anilines is 1. The maximum Gasteiger partial charge on any atom is 0.269 e. The molecule has 0 spiro atoms. The molecular formula is C14H20N2O5. The Morgan fingerprint density at radius 2 is 2.19 bits per heavy atom. The largest absolute Gasteiger partial charge is 0.394 e. The van der Waals surface area contributed by atoms with E-state index in [4.69, 9.17) is 4.74 Å². The van der Waals surface area contributed by atoms with Gasteiger partial charge in [0, 0.05) is 36.5 Å². The van der Waals surface area contributed by atoms with E-state index >= 15 is 0 Å². The van der Waals surface area contributed by atoms with Crippen LogP contribution in [0.1, 0.15) is 19.4 Å². The zero-order valence-electron chi connectivity index (χ0n) is 12.2. The van der Waals surface area contributed by atoms with Gasteiger partial charge in [-0.25, -0.2) is 0 Å². The fraction of sp³-hybridized carbons (Fsp3) is 0.571. The molecule has 2 N–H and O–H groups in total. The number of nitro groups is 1. The second kappa shape index (κ2) is 5.97. The number of nitro benzene ring substituents is 1. The third-order valence-corrected chi connectivity index (χ3v) is 3.47. The van der Waals surface area contributed by atoms with Crippen molar-refractivity contribution in [2.45, 2.75) is 32.2 Å². The highest BCUT2D eigenvalue weighted by Crippen LogP contribution is 2.30. The minimum absolute atomic E-state index is 0.0472. The van der Waals surface area contributed by atoms with Crippen molar-refractivity contribution in [3.05, 3.63) is 33.9 Å². The lowest BCUT2D eigenvalue weighted by Crippen LogP contribution is -2.54. The summed E-state index contributed by atoms with van der Waals surface area (Å²) in [6, 6.07) is 4.44. The second-order valence-electron chi connectivity index (χ2n) is 5.79. The number of rotatable bonds is 4. The number of non-ortho nitro benzene ring substituents is 1. The number of benzene rings is 1. The average Bonchev–Trinajstić information content (AvgIpc) is 2.44. The summed E-state index contributed by atoms with van der Waals surface area (Å²) in [5.41, 5.74) is 0.741. The number of aliphatic hydroxyl groups is 2. The first kappa shape index (κ1) is 15.7. The van der Waals surface area contributed by atoms with Crippen LogP contribution in [0.4, 0.5) is 11.4 Å². The van der Waals surface area contributed by atoms with Crippen LogP contribution in [-0.2, 0) is 11.3 Å². The van der Waals surface area contributed by atoms with Gasteiger partial charge in [-0.05, 0) is 19.9 Å². The van der Waals surface area contributed by atoms with E-state index in [1.807, 2.05) is 18.7 Å². The topological polar surface area (TPSA) is 96.1 Å². The molecule has 0 aliphatic carbocycles. The van der Waals surface area contributed by atoms with Gasteiger partial charge in [-0.1, -0.05) is 0 Å². The molecule has 21 heavy (non-hydrogen) atoms. The Morgan fingerprint density at radius 1 is 1.48 bits per heavy atom. The lowest BCUT2D eigenvalue weighted by atomic mass is 10.0. The van der Waals surface area contributed by atoms with Gasteiger partial charge in [-0.2, -0.15) is 0 Å². The summed E-state index contributed by atoms with van der Waals surface area (Å²) < 4.78 is 5.75. The van der Waals surface area contributed by atoms with Crippen LogP contribution in [0.3, 0.4) is 0 Å². The van der Waals surface area contributed by atoms with Crippen molar-refractivity contribution < 1.29 is 19.9 Å². The van der Waals surface area contributed by atoms with E-state index in [9.17, 15) is 20.3 Å². The van der Waals surface area contributed by atoms with Crippen molar-refractivity contribution in [3.8, 4) is 0 Å². The minimum atomic E-state index is -0.483. The number of ether oxygens (including phenoxy) is 1. The zero-order valence-corrected chi connectivity index (χ0v) is 12.2. The molecule has 1 fully saturated rings. The summed E-state index contributed by atoms with van der Waals surface area (Å²) in [7, 11) is 0. The maximum atomic E-state index is 10.8. The van der Waals surface area contributed by atoms with Crippen molar-refractivity contribution >= 4 is 11.4 Å². The molecule has 116 valence electrons. The monoisotopic (exact) mass is 296 g/mol. The van der Waals surface area contributed by atoms with Gasteiger partial charge in [0.1, 0.15) is 0 Å². The van der Waals surface area contributed by atoms with Crippen LogP contribution in [0.5, 0.6) is 0 Å². The van der Waals surface area contributed by atoms with Crippen molar-refractivity contribution in [2.24, 2.45) is 0 Å². The summed E-state index contributed by atoms with van der Waals surface area (Å²) >= 11 is 0. The van der Waals surface area contributed by atoms with Crippen LogP contribution in [0.2, 0.25) is 0 Å². The molecule has 0 saturated carbocycles. The Bertz CT molecular complexity index is 532. The van der Waals surface area contributed by atoms with Gasteiger partial charge in [0.2, 0.25) is 0 Å². The van der Waals surface area contributed by atoms with Crippen LogP contribution in [0.25, 0.3) is 0 Å². The van der Waals surface area contributed by atoms with Crippen molar-refractivity contribution in [1.29, 1.82) is 0 Å². The predicted molar refractivity (Wildman–Crippen MR) is 77.3 cm³/mol. The van der Waals surface area contributed by atoms with Crippen LogP contribution in [-0.4, -0.2) is 46.5 Å². The smallest absolute Gasteiger partial charge is 0.269 e. The van der Waals surface area contributed by atoms with E-state index in [1.54, 1.807) is 6.07 Å². The molecule has 1 atom stereocenters. The molecule has 0 amide bonds. The molecule has 1 unspecified atom stereocenters. The summed E-state index contributed by atoms with van der Waals surface area (Å²) in [6.07, 6.45) is -0.324. The van der Waals surface area contributed by atoms with E-state index in [-0.39, 0.29) is 25.0 Å². The summed E-state index contributed by atoms with van der Waals surface area (Å²) in [5.74, 6) is 0. The molecule has 1 heterocycles. The molecular weight excluding hydrogens is 276 g/mol. The van der Waals surface area contributed by atoms with Gasteiger partial charge in [0.05, 0.1) is 29.8 Å². The standard InChI is InChI=1S/C14H20N2O5/c1-14(2)9-15(6-12(8-18)21-14)13-4-3-11(16(19)20)5-10(13)7-17/h3-5,12,17-18H,6-9H2,1-2H3. The van der Waals surface area contributed by atoms with E-state index in [2.05, 4.69) is 0 Å². The van der Waals surface area contributed by atoms with Crippen LogP contribution in [0, 0.1) is 10.1 Å². The molecule has 1 saturated heterocycles. The Kier molecular flexibility index (Phi) is 4.46. The highest BCUT2D eigenvalue weighted by atomic mass is 16.6. The lowest BCUT2D eigenvalue weighted by Gasteiger charge is -2.43. The molecule has 7 nitrogen and oxygen atoms in total. The van der Waals surface area contributed by atoms with Gasteiger partial charge < -0.3 is 19.8 Å². The highest BCUT2D eigenvalue weighted by molar-refractivity contribution is 5.58. The first-order valence-corrected chi connectivity index (χ1v) is 6.78. The number of nitrogens with zero attached hydrogens (tertiary/aromatic N) is 2. The number of aliphatic hydroxyl groups excluding tert-OH is 2. The molecule has 1 aromatic rings. The first-order chi connectivity index (χ1) is 9.86. The third kappa shape index (κ3) is 3.49. The molecule has 1 aliphatic rings. The van der Waals surface area contributed by atoms with Gasteiger partial charge in [-0.15, -0.1) is 0 Å². The van der Waals surface area contributed by atoms with Crippen molar-refractivity contribution in [1.82, 2.24) is 0 Å². The van der Waals surface area contributed by atoms with Crippen molar-refractivity contribution in [2.75, 3.05) is 24.6 Å². The third-order valence-electron chi connectivity index (χ3n) is 3.47. The predicted octanol–water partition coefficient (Wildman–Crippen LogP) is 1.06. The first-order valence-electron chi connectivity index (χ1n) is 6.78. The van der Waals surface area contributed by atoms with Gasteiger partial charge in [-0.3, -0.25) is 10.1 Å². The Labute approximate surface area is 122 Å². The van der Waals surface area contributed by atoms with Crippen molar-refractivity contribution in [3.63, 3.8) is 0 Å². The van der Waals surface area contributed by atoms with E-state index < -0.39 is 10.5 Å². The Hall–Kier alpha value is -1.70. The van der Waals surface area contributed by atoms with Crippen LogP contribution in [0.15, 0.2) is 18.2 Å². The normalized spacial score (nSPS) is 21.3. The number of hydrogen-bond donors (Lipinski definition) is 2. The van der Waals surface area contributed by atoms with Crippen LogP contribution < -0.4 is 4.90 Å². The summed E-state index contributed by atoms with van der Waals surface area (Å²) in [5, 5.41) is 29.6. The molecule has 0 radical (unpaired) electrons. The SMILES string of the molecule is CC1(C)CN(c2ccc([N+](=O)[O-])cc2CO)CC(CO)O1. The molecule has 7 heteroatoms. The second-order valence-corrected chi connectivity index (χ2v) is 5.79. The molecule has 2 rings (SSSR count). The van der Waals surface area contributed by atoms with E-state index in [0.717, 1.165) is 5.69 Å². The Balaban J connectivity index is 2.34. The Morgan fingerprint density at radius 3 is 2.76 bits per heavy atom. The maximum absolute atomic E-state index is 10.8.